The van der Waals surface area contributed by atoms with Crippen LogP contribution >= 0.6 is 0 Å². The maximum Gasteiger partial charge on any atom is 0.413 e. The van der Waals surface area contributed by atoms with E-state index in [-0.39, 0.29) is 17.3 Å². The number of nitrogens with zero attached hydrogens (tertiary/aromatic N) is 2. The number of hydrogen-bond donors (Lipinski definition) is 2. The zero-order chi connectivity index (χ0) is 21.4. The molecule has 0 aliphatic heterocycles. The van der Waals surface area contributed by atoms with Crippen LogP contribution in [-0.2, 0) is 6.54 Å². The molecule has 2 aromatic carbocycles. The monoisotopic (exact) mass is 407 g/mol. The van der Waals surface area contributed by atoms with Crippen LogP contribution in [0.4, 0.5) is 4.39 Å². The van der Waals surface area contributed by atoms with Crippen molar-refractivity contribution in [2.24, 2.45) is 0 Å². The second-order valence-electron chi connectivity index (χ2n) is 8.01. The zero-order valence-electron chi connectivity index (χ0n) is 17.2. The highest BCUT2D eigenvalue weighted by Crippen LogP contribution is 2.22. The van der Waals surface area contributed by atoms with E-state index in [9.17, 15) is 14.0 Å². The lowest BCUT2D eigenvalue weighted by Crippen LogP contribution is -2.41. The molecule has 0 saturated heterocycles. The Morgan fingerprint density at radius 2 is 1.70 bits per heavy atom. The topological polar surface area (TPSA) is 82.5 Å². The predicted molar refractivity (Wildman–Crippen MR) is 114 cm³/mol. The van der Waals surface area contributed by atoms with E-state index in [0.717, 1.165) is 23.1 Å². The molecule has 0 bridgehead atoms. The maximum atomic E-state index is 13.2. The number of rotatable bonds is 5. The Morgan fingerprint density at radius 1 is 1.00 bits per heavy atom. The molecule has 0 spiro atoms. The Morgan fingerprint density at radius 3 is 2.40 bits per heavy atom. The third-order valence-electron chi connectivity index (χ3n) is 5.58. The molecule has 6 nitrogen and oxygen atoms in total. The average molecular weight is 407 g/mol. The van der Waals surface area contributed by atoms with E-state index < -0.39 is 11.2 Å². The third kappa shape index (κ3) is 3.75. The van der Waals surface area contributed by atoms with Crippen molar-refractivity contribution >= 4 is 22.2 Å². The largest absolute Gasteiger partial charge is 0.413 e. The first-order valence-electron chi connectivity index (χ1n) is 10.1. The minimum absolute atomic E-state index is 0.167. The molecule has 154 valence electrons. The van der Waals surface area contributed by atoms with Gasteiger partial charge in [0, 0.05) is 0 Å². The van der Waals surface area contributed by atoms with Gasteiger partial charge in [-0.05, 0) is 53.6 Å². The highest BCUT2D eigenvalue weighted by Gasteiger charge is 2.20. The van der Waals surface area contributed by atoms with Crippen molar-refractivity contribution in [2.75, 3.05) is 0 Å². The molecule has 0 aliphatic carbocycles. The average Bonchev–Trinajstić information content (AvgIpc) is 2.71. The molecule has 0 aliphatic rings. The summed E-state index contributed by atoms with van der Waals surface area (Å²) >= 11 is 0. The Kier molecular flexibility index (Phi) is 5.20. The fourth-order valence-electron chi connectivity index (χ4n) is 3.74. The maximum absolute atomic E-state index is 13.2. The smallest absolute Gasteiger partial charge is 0.267 e. The lowest BCUT2D eigenvalue weighted by Gasteiger charge is -2.13. The number of benzene rings is 2. The molecule has 0 fully saturated rings. The number of hydrogen-bond acceptors (Lipinski definition) is 3. The van der Waals surface area contributed by atoms with E-state index in [1.165, 1.54) is 12.1 Å². The molecule has 30 heavy (non-hydrogen) atoms. The van der Waals surface area contributed by atoms with E-state index in [1.807, 2.05) is 22.8 Å². The number of aryl methyl sites for hydroxylation is 1. The van der Waals surface area contributed by atoms with Crippen LogP contribution in [0.25, 0.3) is 22.2 Å². The van der Waals surface area contributed by atoms with Gasteiger partial charge in [0.2, 0.25) is 5.52 Å². The van der Waals surface area contributed by atoms with Crippen LogP contribution < -0.4 is 15.8 Å². The summed E-state index contributed by atoms with van der Waals surface area (Å²) in [6, 6.07) is 12.5. The van der Waals surface area contributed by atoms with Gasteiger partial charge in [-0.15, -0.1) is 0 Å². The SMILES string of the molecule is CC(C)c1ccc2c(c1)nc1c(=O)[nH]c(=O)[nH]c1[n+]2CCC(C)c1ccc(F)cc1. The predicted octanol–water partition coefficient (Wildman–Crippen LogP) is 3.51. The van der Waals surface area contributed by atoms with Gasteiger partial charge in [-0.3, -0.25) is 9.78 Å². The molecular formula is C23H24FN4O2+. The van der Waals surface area contributed by atoms with Crippen molar-refractivity contribution in [3.8, 4) is 0 Å². The van der Waals surface area contributed by atoms with Gasteiger partial charge in [-0.1, -0.05) is 39.0 Å². The molecule has 0 radical (unpaired) electrons. The van der Waals surface area contributed by atoms with Crippen molar-refractivity contribution in [1.82, 2.24) is 15.0 Å². The molecule has 2 heterocycles. The van der Waals surface area contributed by atoms with Crippen molar-refractivity contribution in [2.45, 2.75) is 45.6 Å². The Hall–Kier alpha value is -3.35. The van der Waals surface area contributed by atoms with Gasteiger partial charge in [-0.25, -0.2) is 18.7 Å². The molecule has 0 amide bonds. The lowest BCUT2D eigenvalue weighted by atomic mass is 9.97. The van der Waals surface area contributed by atoms with Gasteiger partial charge in [-0.2, -0.15) is 4.98 Å². The fraction of sp³-hybridized carbons (Fsp3) is 0.304. The highest BCUT2D eigenvalue weighted by atomic mass is 19.1. The quantitative estimate of drug-likeness (QED) is 0.392. The first kappa shape index (κ1) is 19.9. The molecule has 2 N–H and O–H groups in total. The van der Waals surface area contributed by atoms with Crippen LogP contribution in [0.5, 0.6) is 0 Å². The molecule has 2 aromatic heterocycles. The Labute approximate surface area is 172 Å². The normalized spacial score (nSPS) is 12.7. The van der Waals surface area contributed by atoms with Crippen LogP contribution in [0, 0.1) is 5.82 Å². The number of halogens is 1. The summed E-state index contributed by atoms with van der Waals surface area (Å²) in [6.45, 7) is 6.84. The second kappa shape index (κ2) is 7.82. The minimum atomic E-state index is -0.562. The molecule has 1 unspecified atom stereocenters. The summed E-state index contributed by atoms with van der Waals surface area (Å²) in [4.78, 5) is 33.9. The Balaban J connectivity index is 1.83. The lowest BCUT2D eigenvalue weighted by molar-refractivity contribution is -0.648. The van der Waals surface area contributed by atoms with Gasteiger partial charge in [0.05, 0.1) is 6.54 Å². The number of fused-ring (bicyclic) bond motifs is 2. The first-order valence-corrected chi connectivity index (χ1v) is 10.1. The van der Waals surface area contributed by atoms with E-state index in [1.54, 1.807) is 12.1 Å². The highest BCUT2D eigenvalue weighted by molar-refractivity contribution is 5.79. The summed E-state index contributed by atoms with van der Waals surface area (Å²) in [5, 5.41) is 0. The van der Waals surface area contributed by atoms with Crippen molar-refractivity contribution in [3.05, 3.63) is 80.2 Å². The molecule has 1 atom stereocenters. The van der Waals surface area contributed by atoms with Crippen LogP contribution in [0.3, 0.4) is 0 Å². The van der Waals surface area contributed by atoms with Gasteiger partial charge in [0.1, 0.15) is 11.3 Å². The van der Waals surface area contributed by atoms with Crippen LogP contribution in [-0.4, -0.2) is 15.0 Å². The molecule has 4 aromatic rings. The van der Waals surface area contributed by atoms with Gasteiger partial charge in [0.25, 0.3) is 5.56 Å². The first-order chi connectivity index (χ1) is 14.3. The third-order valence-corrected chi connectivity index (χ3v) is 5.58. The second-order valence-corrected chi connectivity index (χ2v) is 8.01. The molecule has 4 rings (SSSR count). The summed E-state index contributed by atoms with van der Waals surface area (Å²) in [7, 11) is 0. The summed E-state index contributed by atoms with van der Waals surface area (Å²) in [6.07, 6.45) is 0.741. The molecule has 7 heteroatoms. The summed E-state index contributed by atoms with van der Waals surface area (Å²) in [5.41, 5.74) is 3.26. The minimum Gasteiger partial charge on any atom is -0.267 e. The number of H-pyrrole nitrogens is 2. The van der Waals surface area contributed by atoms with Crippen molar-refractivity contribution in [3.63, 3.8) is 0 Å². The van der Waals surface area contributed by atoms with Crippen molar-refractivity contribution < 1.29 is 8.96 Å². The van der Waals surface area contributed by atoms with Crippen LogP contribution in [0.2, 0.25) is 0 Å². The van der Waals surface area contributed by atoms with Gasteiger partial charge >= 0.3 is 11.3 Å². The van der Waals surface area contributed by atoms with E-state index in [2.05, 4.69) is 35.7 Å². The zero-order valence-corrected chi connectivity index (χ0v) is 17.2. The summed E-state index contributed by atoms with van der Waals surface area (Å²) < 4.78 is 15.2. The Bertz CT molecular complexity index is 1340. The van der Waals surface area contributed by atoms with Crippen LogP contribution in [0.1, 0.15) is 50.2 Å². The fourth-order valence-corrected chi connectivity index (χ4v) is 3.74. The van der Waals surface area contributed by atoms with E-state index in [0.29, 0.717) is 23.6 Å². The standard InChI is InChI=1S/C23H23FN4O2/c1-13(2)16-6-9-19-18(12-16)25-20-21(26-23(30)27-22(20)29)28(19)11-10-14(3)15-4-7-17(24)8-5-15/h4-9,12-14H,10-11H2,1-3H3,(H,27,29,30)/p+1. The summed E-state index contributed by atoms with van der Waals surface area (Å²) in [5.74, 6) is 0.233. The number of nitrogens with one attached hydrogen (secondary N) is 2. The van der Waals surface area contributed by atoms with Crippen molar-refractivity contribution in [1.29, 1.82) is 0 Å². The number of aromatic amines is 2. The van der Waals surface area contributed by atoms with E-state index >= 15 is 0 Å². The van der Waals surface area contributed by atoms with Gasteiger partial charge < -0.3 is 0 Å². The number of aromatic nitrogens is 4. The molecule has 0 saturated carbocycles. The van der Waals surface area contributed by atoms with Gasteiger partial charge in [0.15, 0.2) is 5.52 Å². The molecular weight excluding hydrogens is 383 g/mol. The van der Waals surface area contributed by atoms with Crippen LogP contribution in [0.15, 0.2) is 52.1 Å². The van der Waals surface area contributed by atoms with E-state index in [4.69, 9.17) is 0 Å².